The molecular weight excluding hydrogens is 429 g/mol. The number of rotatable bonds is 8. The fourth-order valence-corrected chi connectivity index (χ4v) is 2.15. The monoisotopic (exact) mass is 457 g/mol. The van der Waals surface area contributed by atoms with Crippen molar-refractivity contribution in [2.24, 2.45) is 10.9 Å². The van der Waals surface area contributed by atoms with E-state index >= 15 is 0 Å². The highest BCUT2D eigenvalue weighted by molar-refractivity contribution is 14.0. The summed E-state index contributed by atoms with van der Waals surface area (Å²) < 4.78 is 11.0. The van der Waals surface area contributed by atoms with Gasteiger partial charge in [-0.2, -0.15) is 0 Å². The average Bonchev–Trinajstić information content (AvgIpc) is 3.10. The molecule has 0 unspecified atom stereocenters. The van der Waals surface area contributed by atoms with Gasteiger partial charge in [-0.05, 0) is 42.2 Å². The van der Waals surface area contributed by atoms with Gasteiger partial charge in [0.05, 0.1) is 19.4 Å². The third-order valence-corrected chi connectivity index (χ3v) is 3.45. The van der Waals surface area contributed by atoms with Crippen LogP contribution in [-0.2, 0) is 13.0 Å². The van der Waals surface area contributed by atoms with Crippen molar-refractivity contribution in [3.05, 3.63) is 54.0 Å². The van der Waals surface area contributed by atoms with Crippen molar-refractivity contribution < 1.29 is 9.15 Å². The van der Waals surface area contributed by atoms with Crippen LogP contribution in [0.4, 0.5) is 0 Å². The van der Waals surface area contributed by atoms with Gasteiger partial charge in [0.1, 0.15) is 11.5 Å². The Bertz CT molecular complexity index is 610. The third kappa shape index (κ3) is 8.29. The summed E-state index contributed by atoms with van der Waals surface area (Å²) in [7, 11) is 1.76. The Balaban J connectivity index is 0.00000312. The van der Waals surface area contributed by atoms with Gasteiger partial charge in [0.15, 0.2) is 5.96 Å². The molecule has 2 aromatic rings. The molecule has 0 fully saturated rings. The molecule has 1 aromatic heterocycles. The Morgan fingerprint density at radius 2 is 1.92 bits per heavy atom. The maximum atomic E-state index is 5.70. The maximum Gasteiger partial charge on any atom is 0.191 e. The third-order valence-electron chi connectivity index (χ3n) is 3.45. The van der Waals surface area contributed by atoms with Gasteiger partial charge in [-0.25, -0.2) is 0 Å². The Kier molecular flexibility index (Phi) is 10.1. The summed E-state index contributed by atoms with van der Waals surface area (Å²) in [6, 6.07) is 12.1. The molecule has 5 nitrogen and oxygen atoms in total. The second-order valence-corrected chi connectivity index (χ2v) is 6.03. The maximum absolute atomic E-state index is 5.70. The number of nitrogens with zero attached hydrogens (tertiary/aromatic N) is 1. The molecule has 1 aromatic carbocycles. The number of hydrogen-bond donors (Lipinski definition) is 2. The van der Waals surface area contributed by atoms with E-state index in [4.69, 9.17) is 9.15 Å². The molecule has 1 heterocycles. The lowest BCUT2D eigenvalue weighted by Gasteiger charge is -2.12. The summed E-state index contributed by atoms with van der Waals surface area (Å²) in [4.78, 5) is 4.21. The van der Waals surface area contributed by atoms with Crippen molar-refractivity contribution in [3.63, 3.8) is 0 Å². The topological polar surface area (TPSA) is 58.8 Å². The quantitative estimate of drug-likeness (QED) is 0.359. The summed E-state index contributed by atoms with van der Waals surface area (Å²) in [6.07, 6.45) is 2.59. The van der Waals surface area contributed by atoms with E-state index in [9.17, 15) is 0 Å². The molecule has 0 saturated carbocycles. The minimum absolute atomic E-state index is 0. The van der Waals surface area contributed by atoms with Crippen LogP contribution in [0.25, 0.3) is 0 Å². The molecule has 0 saturated heterocycles. The molecule has 138 valence electrons. The van der Waals surface area contributed by atoms with Crippen LogP contribution in [0.2, 0.25) is 0 Å². The van der Waals surface area contributed by atoms with Crippen LogP contribution in [0.5, 0.6) is 5.75 Å². The summed E-state index contributed by atoms with van der Waals surface area (Å²) in [5.74, 6) is 3.11. The highest BCUT2D eigenvalue weighted by atomic mass is 127. The molecule has 0 aliphatic carbocycles. The van der Waals surface area contributed by atoms with Crippen molar-refractivity contribution >= 4 is 29.9 Å². The van der Waals surface area contributed by atoms with Crippen molar-refractivity contribution in [1.82, 2.24) is 10.6 Å². The van der Waals surface area contributed by atoms with E-state index in [2.05, 4.69) is 41.6 Å². The number of ether oxygens (including phenoxy) is 1. The van der Waals surface area contributed by atoms with Gasteiger partial charge in [0.25, 0.3) is 0 Å². The van der Waals surface area contributed by atoms with Gasteiger partial charge >= 0.3 is 0 Å². The van der Waals surface area contributed by atoms with Crippen LogP contribution < -0.4 is 15.4 Å². The Hall–Kier alpha value is -1.70. The first kappa shape index (κ1) is 21.3. The van der Waals surface area contributed by atoms with E-state index in [-0.39, 0.29) is 24.0 Å². The van der Waals surface area contributed by atoms with Crippen LogP contribution in [0.15, 0.2) is 52.1 Å². The van der Waals surface area contributed by atoms with Gasteiger partial charge in [-0.3, -0.25) is 4.99 Å². The normalized spacial score (nSPS) is 11.1. The first-order valence-electron chi connectivity index (χ1n) is 8.36. The SMILES string of the molecule is CN=C(NCCc1ccc(OCC(C)C)cc1)NCc1ccco1.I. The van der Waals surface area contributed by atoms with Crippen LogP contribution in [-0.4, -0.2) is 26.2 Å². The Labute approximate surface area is 167 Å². The summed E-state index contributed by atoms with van der Waals surface area (Å²) in [5.41, 5.74) is 1.26. The van der Waals surface area contributed by atoms with Crippen LogP contribution in [0.3, 0.4) is 0 Å². The molecule has 0 aliphatic rings. The number of furan rings is 1. The molecule has 0 atom stereocenters. The zero-order valence-electron chi connectivity index (χ0n) is 15.1. The number of hydrogen-bond acceptors (Lipinski definition) is 3. The summed E-state index contributed by atoms with van der Waals surface area (Å²) in [6.45, 7) is 6.47. The van der Waals surface area contributed by atoms with Gasteiger partial charge < -0.3 is 19.8 Å². The van der Waals surface area contributed by atoms with Gasteiger partial charge in [0, 0.05) is 13.6 Å². The van der Waals surface area contributed by atoms with E-state index in [0.717, 1.165) is 37.0 Å². The summed E-state index contributed by atoms with van der Waals surface area (Å²) >= 11 is 0. The van der Waals surface area contributed by atoms with E-state index in [0.29, 0.717) is 12.5 Å². The molecule has 2 N–H and O–H groups in total. The summed E-state index contributed by atoms with van der Waals surface area (Å²) in [5, 5.41) is 6.52. The lowest BCUT2D eigenvalue weighted by Crippen LogP contribution is -2.37. The second-order valence-electron chi connectivity index (χ2n) is 6.03. The first-order chi connectivity index (χ1) is 11.7. The van der Waals surface area contributed by atoms with Crippen LogP contribution in [0, 0.1) is 5.92 Å². The number of benzene rings is 1. The molecule has 0 amide bonds. The Morgan fingerprint density at radius 1 is 1.16 bits per heavy atom. The highest BCUT2D eigenvalue weighted by Gasteiger charge is 2.01. The fraction of sp³-hybridized carbons (Fsp3) is 0.421. The van der Waals surface area contributed by atoms with Gasteiger partial charge in [-0.15, -0.1) is 24.0 Å². The van der Waals surface area contributed by atoms with E-state index < -0.39 is 0 Å². The predicted molar refractivity (Wildman–Crippen MR) is 113 cm³/mol. The second kappa shape index (κ2) is 11.8. The molecular formula is C19H28IN3O2. The molecule has 2 rings (SSSR count). The van der Waals surface area contributed by atoms with E-state index in [1.165, 1.54) is 5.56 Å². The number of halogens is 1. The number of aliphatic imine (C=N–C) groups is 1. The lowest BCUT2D eigenvalue weighted by atomic mass is 10.1. The van der Waals surface area contributed by atoms with E-state index in [1.807, 2.05) is 24.3 Å². The standard InChI is InChI=1S/C19H27N3O2.HI/c1-15(2)14-24-17-8-6-16(7-9-17)10-11-21-19(20-3)22-13-18-5-4-12-23-18;/h4-9,12,15H,10-11,13-14H2,1-3H3,(H2,20,21,22);1H. The molecule has 6 heteroatoms. The highest BCUT2D eigenvalue weighted by Crippen LogP contribution is 2.13. The zero-order valence-corrected chi connectivity index (χ0v) is 17.4. The molecule has 25 heavy (non-hydrogen) atoms. The van der Waals surface area contributed by atoms with Crippen LogP contribution >= 0.6 is 24.0 Å². The largest absolute Gasteiger partial charge is 0.493 e. The Morgan fingerprint density at radius 3 is 2.52 bits per heavy atom. The van der Waals surface area contributed by atoms with Crippen LogP contribution in [0.1, 0.15) is 25.2 Å². The molecule has 0 bridgehead atoms. The van der Waals surface area contributed by atoms with Crippen molar-refractivity contribution in [3.8, 4) is 5.75 Å². The van der Waals surface area contributed by atoms with E-state index in [1.54, 1.807) is 13.3 Å². The lowest BCUT2D eigenvalue weighted by molar-refractivity contribution is 0.271. The number of guanidine groups is 1. The molecule has 0 radical (unpaired) electrons. The number of nitrogens with one attached hydrogen (secondary N) is 2. The van der Waals surface area contributed by atoms with Crippen molar-refractivity contribution in [2.75, 3.05) is 20.2 Å². The first-order valence-corrected chi connectivity index (χ1v) is 8.36. The molecule has 0 aliphatic heterocycles. The van der Waals surface area contributed by atoms with Crippen molar-refractivity contribution in [2.45, 2.75) is 26.8 Å². The minimum Gasteiger partial charge on any atom is -0.493 e. The van der Waals surface area contributed by atoms with Gasteiger partial charge in [-0.1, -0.05) is 26.0 Å². The van der Waals surface area contributed by atoms with Crippen molar-refractivity contribution in [1.29, 1.82) is 0 Å². The fourth-order valence-electron chi connectivity index (χ4n) is 2.15. The predicted octanol–water partition coefficient (Wildman–Crippen LogP) is 3.84. The van der Waals surface area contributed by atoms with Gasteiger partial charge in [0.2, 0.25) is 0 Å². The minimum atomic E-state index is 0. The smallest absolute Gasteiger partial charge is 0.191 e. The molecule has 0 spiro atoms. The average molecular weight is 457 g/mol. The zero-order chi connectivity index (χ0) is 17.2.